The van der Waals surface area contributed by atoms with E-state index in [0.29, 0.717) is 117 Å². The lowest BCUT2D eigenvalue weighted by Gasteiger charge is -2.19. The molecule has 0 aromatic heterocycles. The maximum atomic E-state index is 13.0. The molecule has 27 heteroatoms. The van der Waals surface area contributed by atoms with Crippen LogP contribution >= 0.6 is 34.6 Å². The van der Waals surface area contributed by atoms with Crippen LogP contribution in [0.1, 0.15) is 39.5 Å². The summed E-state index contributed by atoms with van der Waals surface area (Å²) >= 11 is 3.31. The minimum absolute atomic E-state index is 0.0664. The number of ether oxygens (including phenoxy) is 9. The monoisotopic (exact) mass is 1100 g/mol. The second-order valence-electron chi connectivity index (χ2n) is 14.0. The molecule has 0 rings (SSSR count). The average molecular weight is 1100 g/mol. The Morgan fingerprint density at radius 1 is 0.507 bits per heavy atom. The summed E-state index contributed by atoms with van der Waals surface area (Å²) in [4.78, 5) is 96.0. The first kappa shape index (κ1) is 63.5. The molecule has 0 unspecified atom stereocenters. The van der Waals surface area contributed by atoms with Crippen molar-refractivity contribution in [1.82, 2.24) is 35.4 Å². The van der Waals surface area contributed by atoms with Gasteiger partial charge in [0.05, 0.1) is 59.4 Å². The third-order valence-electron chi connectivity index (χ3n) is 7.99. The molecule has 0 aliphatic heterocycles. The fourth-order valence-electron chi connectivity index (χ4n) is 4.76. The lowest BCUT2D eigenvalue weighted by molar-refractivity contribution is -0.140. The van der Waals surface area contributed by atoms with Crippen LogP contribution in [0.5, 0.6) is 0 Å². The van der Waals surface area contributed by atoms with Gasteiger partial charge in [-0.25, -0.2) is 0 Å². The number of nitrogens with one attached hydrogen (secondary N) is 7. The topological polar surface area (TPSA) is 330 Å². The first-order valence-corrected chi connectivity index (χ1v) is 24.2. The standard InChI is InChI=1S/C40H73IN8O17S/c1-31(39(56)45-9-5-13-60-17-21-62-19-15-58-11-3-7-43-36(53)27-64-26-34(42)51)48-35(52)25-46-40(57)33(30-67-24-23-66-32(2)50)49-38(55)29-65-28-37(54)44-8-4-12-59-16-20-63-22-18-61-14-6-10-47-41/h31,33,47H,3-30H2,1-2H3,(H2,42,51)(H,43,53)(H,44,54)(H,45,56)(H,46,57)(H,48,52)(H,49,55)/t31-,33+/m1/s1. The molecular weight excluding hydrogens is 1020 g/mol. The maximum absolute atomic E-state index is 13.0. The van der Waals surface area contributed by atoms with Gasteiger partial charge in [0.2, 0.25) is 41.4 Å². The highest BCUT2D eigenvalue weighted by Crippen LogP contribution is 2.04. The quantitative estimate of drug-likeness (QED) is 0.0129. The van der Waals surface area contributed by atoms with Gasteiger partial charge in [0.25, 0.3) is 0 Å². The Morgan fingerprint density at radius 2 is 0.955 bits per heavy atom. The van der Waals surface area contributed by atoms with Gasteiger partial charge in [0.1, 0.15) is 45.1 Å². The first-order valence-electron chi connectivity index (χ1n) is 22.0. The summed E-state index contributed by atoms with van der Waals surface area (Å²) in [6, 6.07) is -2.02. The van der Waals surface area contributed by atoms with E-state index in [1.54, 1.807) is 0 Å². The number of carbonyl (C=O) groups excluding carboxylic acids is 8. The fraction of sp³-hybridized carbons (Fsp3) is 0.800. The molecule has 0 spiro atoms. The van der Waals surface area contributed by atoms with E-state index in [2.05, 4.69) is 58.3 Å². The van der Waals surface area contributed by atoms with Crippen LogP contribution in [0.15, 0.2) is 0 Å². The van der Waals surface area contributed by atoms with Gasteiger partial charge in [-0.3, -0.25) is 41.9 Å². The molecule has 0 fully saturated rings. The predicted octanol–water partition coefficient (Wildman–Crippen LogP) is -3.14. The number of amides is 7. The average Bonchev–Trinajstić information content (AvgIpc) is 3.28. The third-order valence-corrected chi connectivity index (χ3v) is 9.56. The number of esters is 1. The summed E-state index contributed by atoms with van der Waals surface area (Å²) in [6.07, 6.45) is 2.58. The molecule has 0 saturated carbocycles. The molecule has 0 saturated heterocycles. The van der Waals surface area contributed by atoms with Crippen LogP contribution in [0.2, 0.25) is 0 Å². The van der Waals surface area contributed by atoms with E-state index in [1.165, 1.54) is 25.6 Å². The Morgan fingerprint density at radius 3 is 1.43 bits per heavy atom. The largest absolute Gasteiger partial charge is 0.465 e. The summed E-state index contributed by atoms with van der Waals surface area (Å²) in [6.45, 7) is 7.93. The van der Waals surface area contributed by atoms with Crippen LogP contribution in [0.3, 0.4) is 0 Å². The fourth-order valence-corrected chi connectivity index (χ4v) is 5.98. The van der Waals surface area contributed by atoms with Crippen molar-refractivity contribution in [3.8, 4) is 0 Å². The van der Waals surface area contributed by atoms with E-state index in [0.717, 1.165) is 13.0 Å². The van der Waals surface area contributed by atoms with Crippen molar-refractivity contribution in [1.29, 1.82) is 0 Å². The summed E-state index contributed by atoms with van der Waals surface area (Å²) in [7, 11) is 0. The molecule has 67 heavy (non-hydrogen) atoms. The number of hydrogen-bond donors (Lipinski definition) is 8. The van der Waals surface area contributed by atoms with Crippen molar-refractivity contribution in [2.24, 2.45) is 5.73 Å². The van der Waals surface area contributed by atoms with E-state index < -0.39 is 73.3 Å². The van der Waals surface area contributed by atoms with Gasteiger partial charge in [-0.05, 0) is 32.6 Å². The highest BCUT2D eigenvalue weighted by Gasteiger charge is 2.23. The number of hydrogen-bond acceptors (Lipinski definition) is 19. The van der Waals surface area contributed by atoms with Gasteiger partial charge in [-0.1, -0.05) is 0 Å². The summed E-state index contributed by atoms with van der Waals surface area (Å²) < 4.78 is 50.7. The van der Waals surface area contributed by atoms with E-state index in [4.69, 9.17) is 48.4 Å². The van der Waals surface area contributed by atoms with Crippen molar-refractivity contribution < 1.29 is 81.0 Å². The molecule has 0 aliphatic rings. The molecule has 0 radical (unpaired) electrons. The van der Waals surface area contributed by atoms with Crippen molar-refractivity contribution in [2.45, 2.75) is 51.6 Å². The molecule has 7 amide bonds. The number of thioether (sulfide) groups is 1. The third kappa shape index (κ3) is 44.7. The molecular formula is C40H73IN8O17S. The summed E-state index contributed by atoms with van der Waals surface area (Å²) in [5.41, 5.74) is 4.93. The van der Waals surface area contributed by atoms with E-state index >= 15 is 0 Å². The molecule has 0 aromatic rings. The molecule has 0 aromatic carbocycles. The minimum atomic E-state index is -1.11. The van der Waals surface area contributed by atoms with Gasteiger partial charge >= 0.3 is 5.97 Å². The van der Waals surface area contributed by atoms with Gasteiger partial charge < -0.3 is 80.3 Å². The Kier molecular flexibility index (Phi) is 43.8. The number of primary amides is 1. The Bertz CT molecular complexity index is 1380. The van der Waals surface area contributed by atoms with Crippen LogP contribution in [-0.2, 0) is 81.0 Å². The van der Waals surface area contributed by atoms with Gasteiger partial charge in [0.15, 0.2) is 0 Å². The second-order valence-corrected chi connectivity index (χ2v) is 15.9. The number of rotatable bonds is 47. The Hall–Kier alpha value is -3.52. The van der Waals surface area contributed by atoms with Crippen LogP contribution in [-0.4, -0.2) is 216 Å². The van der Waals surface area contributed by atoms with Crippen molar-refractivity contribution in [2.75, 3.05) is 157 Å². The SMILES string of the molecule is CC(=O)OCCSC[C@H](NC(=O)COCC(=O)NCCCOCCOCCOCCCNI)C(=O)NCC(=O)N[C@H](C)C(=O)NCCCOCCOCCOCCCNC(=O)COCC(N)=O. The highest BCUT2D eigenvalue weighted by molar-refractivity contribution is 14.1. The maximum Gasteiger partial charge on any atom is 0.302 e. The highest BCUT2D eigenvalue weighted by atomic mass is 127. The lowest BCUT2D eigenvalue weighted by Crippen LogP contribution is -2.52. The molecule has 25 nitrogen and oxygen atoms in total. The lowest BCUT2D eigenvalue weighted by atomic mass is 10.3. The number of halogens is 1. The van der Waals surface area contributed by atoms with Crippen molar-refractivity contribution in [3.05, 3.63) is 0 Å². The summed E-state index contributed by atoms with van der Waals surface area (Å²) in [5, 5.41) is 15.5. The number of nitrogens with two attached hydrogens (primary N) is 1. The van der Waals surface area contributed by atoms with Crippen LogP contribution < -0.4 is 41.2 Å². The molecule has 0 aliphatic carbocycles. The van der Waals surface area contributed by atoms with E-state index in [1.807, 2.05) is 0 Å². The smallest absolute Gasteiger partial charge is 0.302 e. The van der Waals surface area contributed by atoms with Crippen LogP contribution in [0.4, 0.5) is 0 Å². The molecule has 9 N–H and O–H groups in total. The zero-order valence-electron chi connectivity index (χ0n) is 38.8. The predicted molar refractivity (Wildman–Crippen MR) is 252 cm³/mol. The molecule has 2 atom stereocenters. The minimum Gasteiger partial charge on any atom is -0.465 e. The molecule has 0 heterocycles. The van der Waals surface area contributed by atoms with Gasteiger partial charge in [-0.15, -0.1) is 0 Å². The van der Waals surface area contributed by atoms with Crippen molar-refractivity contribution in [3.63, 3.8) is 0 Å². The van der Waals surface area contributed by atoms with Gasteiger partial charge in [0, 0.05) is 93.9 Å². The van der Waals surface area contributed by atoms with E-state index in [-0.39, 0.29) is 38.0 Å². The van der Waals surface area contributed by atoms with E-state index in [9.17, 15) is 38.4 Å². The van der Waals surface area contributed by atoms with Crippen molar-refractivity contribution >= 4 is 81.9 Å². The van der Waals surface area contributed by atoms with Crippen LogP contribution in [0.25, 0.3) is 0 Å². The Balaban J connectivity index is 4.23. The van der Waals surface area contributed by atoms with Crippen LogP contribution in [0, 0.1) is 0 Å². The van der Waals surface area contributed by atoms with Gasteiger partial charge in [-0.2, -0.15) is 11.8 Å². The number of carbonyl (C=O) groups is 8. The Labute approximate surface area is 410 Å². The zero-order chi connectivity index (χ0) is 49.6. The normalized spacial score (nSPS) is 11.8. The molecule has 388 valence electrons. The molecule has 0 bridgehead atoms. The first-order chi connectivity index (χ1) is 32.3. The zero-order valence-corrected chi connectivity index (χ0v) is 41.7. The summed E-state index contributed by atoms with van der Waals surface area (Å²) in [5.74, 6) is -3.95. The second kappa shape index (κ2) is 46.2.